The van der Waals surface area contributed by atoms with Crippen molar-refractivity contribution >= 4 is 0 Å². The van der Waals surface area contributed by atoms with Gasteiger partial charge in [0, 0.05) is 6.04 Å². The molecule has 2 rings (SSSR count). The van der Waals surface area contributed by atoms with E-state index in [1.54, 1.807) is 0 Å². The lowest BCUT2D eigenvalue weighted by Crippen LogP contribution is -2.35. The zero-order valence-electron chi connectivity index (χ0n) is 9.95. The molecule has 3 nitrogen and oxygen atoms in total. The fourth-order valence-corrected chi connectivity index (χ4v) is 2.30. The van der Waals surface area contributed by atoms with Gasteiger partial charge in [0.1, 0.15) is 6.04 Å². The van der Waals surface area contributed by atoms with Gasteiger partial charge in [0.2, 0.25) is 0 Å². The third kappa shape index (κ3) is 4.11. The summed E-state index contributed by atoms with van der Waals surface area (Å²) in [6, 6.07) is 2.78. The van der Waals surface area contributed by atoms with E-state index in [1.165, 1.54) is 51.4 Å². The summed E-state index contributed by atoms with van der Waals surface area (Å²) in [7, 11) is 0. The van der Waals surface area contributed by atoms with Crippen LogP contribution in [0.2, 0.25) is 0 Å². The second-order valence-corrected chi connectivity index (χ2v) is 5.07. The molecule has 0 spiro atoms. The lowest BCUT2D eigenvalue weighted by atomic mass is 10.1. The molecule has 0 aliphatic heterocycles. The van der Waals surface area contributed by atoms with Gasteiger partial charge in [-0.1, -0.05) is 25.7 Å². The minimum atomic E-state index is -0.101. The first-order chi connectivity index (χ1) is 7.88. The van der Waals surface area contributed by atoms with E-state index in [2.05, 4.69) is 11.4 Å². The van der Waals surface area contributed by atoms with Crippen LogP contribution in [0.5, 0.6) is 0 Å². The second-order valence-electron chi connectivity index (χ2n) is 5.07. The van der Waals surface area contributed by atoms with E-state index in [4.69, 9.17) is 10.00 Å². The Kier molecular flexibility index (Phi) is 4.62. The van der Waals surface area contributed by atoms with E-state index in [0.29, 0.717) is 18.8 Å². The van der Waals surface area contributed by atoms with Crippen LogP contribution in [-0.2, 0) is 4.74 Å². The van der Waals surface area contributed by atoms with Crippen molar-refractivity contribution in [3.05, 3.63) is 0 Å². The molecule has 0 saturated heterocycles. The summed E-state index contributed by atoms with van der Waals surface area (Å²) in [5.41, 5.74) is 0. The molecule has 0 aromatic heterocycles. The first kappa shape index (κ1) is 11.9. The molecule has 0 amide bonds. The Morgan fingerprint density at radius 3 is 2.38 bits per heavy atom. The van der Waals surface area contributed by atoms with Crippen LogP contribution < -0.4 is 5.32 Å². The summed E-state index contributed by atoms with van der Waals surface area (Å²) in [5, 5.41) is 12.3. The molecule has 3 heteroatoms. The van der Waals surface area contributed by atoms with Crippen molar-refractivity contribution in [3.63, 3.8) is 0 Å². The van der Waals surface area contributed by atoms with Crippen LogP contribution in [0.4, 0.5) is 0 Å². The van der Waals surface area contributed by atoms with E-state index >= 15 is 0 Å². The molecule has 2 aliphatic carbocycles. The molecule has 0 heterocycles. The molecule has 0 radical (unpaired) electrons. The standard InChI is InChI=1S/C13H22N2O/c14-9-12(15-11-7-8-11)10-16-13-5-3-1-2-4-6-13/h11-13,15H,1-8,10H2. The number of hydrogen-bond acceptors (Lipinski definition) is 3. The summed E-state index contributed by atoms with van der Waals surface area (Å²) >= 11 is 0. The largest absolute Gasteiger partial charge is 0.375 e. The SMILES string of the molecule is N#CC(COC1CCCCCC1)NC1CC1. The van der Waals surface area contributed by atoms with Crippen LogP contribution >= 0.6 is 0 Å². The summed E-state index contributed by atoms with van der Waals surface area (Å²) < 4.78 is 5.86. The van der Waals surface area contributed by atoms with Crippen LogP contribution in [0.1, 0.15) is 51.4 Å². The van der Waals surface area contributed by atoms with Gasteiger partial charge in [-0.2, -0.15) is 5.26 Å². The minimum absolute atomic E-state index is 0.101. The zero-order valence-corrected chi connectivity index (χ0v) is 9.95. The highest BCUT2D eigenvalue weighted by atomic mass is 16.5. The average Bonchev–Trinajstić information content (AvgIpc) is 3.11. The summed E-state index contributed by atoms with van der Waals surface area (Å²) in [6.07, 6.45) is 10.5. The number of nitriles is 1. The molecule has 2 fully saturated rings. The molecule has 1 atom stereocenters. The average molecular weight is 222 g/mol. The smallest absolute Gasteiger partial charge is 0.119 e. The summed E-state index contributed by atoms with van der Waals surface area (Å²) in [5.74, 6) is 0. The van der Waals surface area contributed by atoms with E-state index in [1.807, 2.05) is 0 Å². The van der Waals surface area contributed by atoms with Crippen LogP contribution in [0.3, 0.4) is 0 Å². The van der Waals surface area contributed by atoms with Crippen molar-refractivity contribution in [1.82, 2.24) is 5.32 Å². The molecule has 1 N–H and O–H groups in total. The summed E-state index contributed by atoms with van der Waals surface area (Å²) in [4.78, 5) is 0. The van der Waals surface area contributed by atoms with Gasteiger partial charge in [0.25, 0.3) is 0 Å². The van der Waals surface area contributed by atoms with Crippen molar-refractivity contribution in [3.8, 4) is 6.07 Å². The van der Waals surface area contributed by atoms with Gasteiger partial charge in [-0.05, 0) is 25.7 Å². The highest BCUT2D eigenvalue weighted by molar-refractivity contribution is 4.95. The Bertz CT molecular complexity index is 237. The van der Waals surface area contributed by atoms with Gasteiger partial charge in [-0.3, -0.25) is 5.32 Å². The Labute approximate surface area is 98.2 Å². The molecule has 1 unspecified atom stereocenters. The van der Waals surface area contributed by atoms with Gasteiger partial charge in [-0.25, -0.2) is 0 Å². The topological polar surface area (TPSA) is 45.0 Å². The molecule has 90 valence electrons. The molecule has 16 heavy (non-hydrogen) atoms. The fraction of sp³-hybridized carbons (Fsp3) is 0.923. The van der Waals surface area contributed by atoms with E-state index in [-0.39, 0.29) is 6.04 Å². The molecule has 0 aromatic rings. The molecule has 2 saturated carbocycles. The van der Waals surface area contributed by atoms with Gasteiger partial charge >= 0.3 is 0 Å². The molecular formula is C13H22N2O. The number of nitrogens with one attached hydrogen (secondary N) is 1. The van der Waals surface area contributed by atoms with Crippen molar-refractivity contribution in [2.24, 2.45) is 0 Å². The van der Waals surface area contributed by atoms with Crippen LogP contribution in [0.15, 0.2) is 0 Å². The molecular weight excluding hydrogens is 200 g/mol. The van der Waals surface area contributed by atoms with E-state index in [9.17, 15) is 0 Å². The van der Waals surface area contributed by atoms with Crippen LogP contribution in [-0.4, -0.2) is 24.8 Å². The first-order valence-corrected chi connectivity index (χ1v) is 6.66. The number of ether oxygens (including phenoxy) is 1. The lowest BCUT2D eigenvalue weighted by molar-refractivity contribution is 0.0364. The monoisotopic (exact) mass is 222 g/mol. The minimum Gasteiger partial charge on any atom is -0.375 e. The van der Waals surface area contributed by atoms with Gasteiger partial charge in [0.05, 0.1) is 18.8 Å². The third-order valence-electron chi connectivity index (χ3n) is 3.47. The Morgan fingerprint density at radius 2 is 1.81 bits per heavy atom. The number of rotatable bonds is 5. The van der Waals surface area contributed by atoms with Gasteiger partial charge in [0.15, 0.2) is 0 Å². The highest BCUT2D eigenvalue weighted by Crippen LogP contribution is 2.21. The predicted octanol–water partition coefficient (Wildman–Crippen LogP) is 2.37. The van der Waals surface area contributed by atoms with Crippen molar-refractivity contribution in [2.75, 3.05) is 6.61 Å². The Balaban J connectivity index is 1.65. The van der Waals surface area contributed by atoms with E-state index in [0.717, 1.165) is 0 Å². The van der Waals surface area contributed by atoms with Crippen molar-refractivity contribution in [2.45, 2.75) is 69.6 Å². The van der Waals surface area contributed by atoms with E-state index < -0.39 is 0 Å². The summed E-state index contributed by atoms with van der Waals surface area (Å²) in [6.45, 7) is 0.567. The fourth-order valence-electron chi connectivity index (χ4n) is 2.30. The Hall–Kier alpha value is -0.590. The highest BCUT2D eigenvalue weighted by Gasteiger charge is 2.25. The first-order valence-electron chi connectivity index (χ1n) is 6.66. The maximum atomic E-state index is 9.00. The normalized spacial score (nSPS) is 24.7. The van der Waals surface area contributed by atoms with Crippen molar-refractivity contribution < 1.29 is 4.74 Å². The number of hydrogen-bond donors (Lipinski definition) is 1. The van der Waals surface area contributed by atoms with Crippen LogP contribution in [0.25, 0.3) is 0 Å². The second kappa shape index (κ2) is 6.22. The number of nitrogens with zero attached hydrogens (tertiary/aromatic N) is 1. The Morgan fingerprint density at radius 1 is 1.12 bits per heavy atom. The maximum absolute atomic E-state index is 9.00. The van der Waals surface area contributed by atoms with Gasteiger partial charge in [-0.15, -0.1) is 0 Å². The predicted molar refractivity (Wildman–Crippen MR) is 63.0 cm³/mol. The van der Waals surface area contributed by atoms with Crippen LogP contribution in [0, 0.1) is 11.3 Å². The molecule has 0 aromatic carbocycles. The zero-order chi connectivity index (χ0) is 11.2. The molecule has 2 aliphatic rings. The third-order valence-corrected chi connectivity index (χ3v) is 3.47. The van der Waals surface area contributed by atoms with Gasteiger partial charge < -0.3 is 4.74 Å². The lowest BCUT2D eigenvalue weighted by Gasteiger charge is -2.18. The quantitative estimate of drug-likeness (QED) is 0.726. The maximum Gasteiger partial charge on any atom is 0.119 e. The van der Waals surface area contributed by atoms with Crippen molar-refractivity contribution in [1.29, 1.82) is 5.26 Å². The molecule has 0 bridgehead atoms.